The topological polar surface area (TPSA) is 43.3 Å². The molecular formula is C11H14ClN3. The highest BCUT2D eigenvalue weighted by Gasteiger charge is 2.26. The molecule has 2 aromatic rings. The van der Waals surface area contributed by atoms with Crippen LogP contribution in [0.4, 0.5) is 5.69 Å². The van der Waals surface area contributed by atoms with Gasteiger partial charge in [0.25, 0.3) is 0 Å². The summed E-state index contributed by atoms with van der Waals surface area (Å²) in [7, 11) is 0. The lowest BCUT2D eigenvalue weighted by Gasteiger charge is -2.04. The van der Waals surface area contributed by atoms with E-state index in [1.807, 2.05) is 23.7 Å². The molecule has 0 atom stereocenters. The average molecular weight is 224 g/mol. The number of hydrogen-bond acceptors (Lipinski definition) is 2. The van der Waals surface area contributed by atoms with Crippen LogP contribution in [0.2, 0.25) is 0 Å². The van der Waals surface area contributed by atoms with Crippen LogP contribution in [0.15, 0.2) is 18.5 Å². The maximum atomic E-state index is 5.99. The summed E-state index contributed by atoms with van der Waals surface area (Å²) >= 11 is 0. The van der Waals surface area contributed by atoms with Gasteiger partial charge in [-0.3, -0.25) is 0 Å². The van der Waals surface area contributed by atoms with E-state index in [1.165, 1.54) is 18.4 Å². The van der Waals surface area contributed by atoms with Gasteiger partial charge in [0, 0.05) is 12.4 Å². The molecule has 80 valence electrons. The Kier molecular flexibility index (Phi) is 2.35. The first-order chi connectivity index (χ1) is 6.74. The van der Waals surface area contributed by atoms with Crippen molar-refractivity contribution in [3.8, 4) is 0 Å². The maximum Gasteiger partial charge on any atom is 0.137 e. The molecule has 0 amide bonds. The predicted molar refractivity (Wildman–Crippen MR) is 63.6 cm³/mol. The quantitative estimate of drug-likeness (QED) is 0.808. The monoisotopic (exact) mass is 223 g/mol. The van der Waals surface area contributed by atoms with Gasteiger partial charge in [0.15, 0.2) is 0 Å². The zero-order valence-corrected chi connectivity index (χ0v) is 9.42. The summed E-state index contributed by atoms with van der Waals surface area (Å²) in [5, 5.41) is 0. The van der Waals surface area contributed by atoms with Crippen molar-refractivity contribution in [3.63, 3.8) is 0 Å². The normalized spacial score (nSPS) is 15.3. The number of imidazole rings is 1. The number of nitrogens with two attached hydrogens (primary N) is 1. The zero-order chi connectivity index (χ0) is 9.71. The van der Waals surface area contributed by atoms with E-state index in [2.05, 4.69) is 11.1 Å². The summed E-state index contributed by atoms with van der Waals surface area (Å²) in [6.45, 7) is 2.00. The SMILES string of the molecule is Cc1cn2cc(N)c(C3CC3)cc2n1.Cl. The summed E-state index contributed by atoms with van der Waals surface area (Å²) in [6, 6.07) is 2.12. The second-order valence-electron chi connectivity index (χ2n) is 4.11. The summed E-state index contributed by atoms with van der Waals surface area (Å²) in [4.78, 5) is 4.43. The van der Waals surface area contributed by atoms with E-state index in [9.17, 15) is 0 Å². The molecule has 0 aliphatic heterocycles. The number of aromatic nitrogens is 2. The molecule has 1 fully saturated rings. The van der Waals surface area contributed by atoms with Crippen molar-refractivity contribution in [2.75, 3.05) is 5.73 Å². The van der Waals surface area contributed by atoms with Crippen molar-refractivity contribution in [2.24, 2.45) is 0 Å². The lowest BCUT2D eigenvalue weighted by molar-refractivity contribution is 1.09. The zero-order valence-electron chi connectivity index (χ0n) is 8.60. The molecule has 0 bridgehead atoms. The number of nitrogens with zero attached hydrogens (tertiary/aromatic N) is 2. The van der Waals surface area contributed by atoms with Crippen LogP contribution in [-0.4, -0.2) is 9.38 Å². The molecule has 0 radical (unpaired) electrons. The Balaban J connectivity index is 0.000000853. The van der Waals surface area contributed by atoms with Gasteiger partial charge in [-0.1, -0.05) is 0 Å². The number of pyridine rings is 1. The number of halogens is 1. The number of hydrogen-bond donors (Lipinski definition) is 1. The summed E-state index contributed by atoms with van der Waals surface area (Å²) in [6.07, 6.45) is 6.53. The first-order valence-corrected chi connectivity index (χ1v) is 4.99. The van der Waals surface area contributed by atoms with Crippen LogP contribution in [0.25, 0.3) is 5.65 Å². The van der Waals surface area contributed by atoms with E-state index in [0.717, 1.165) is 17.0 Å². The molecule has 3 nitrogen and oxygen atoms in total. The van der Waals surface area contributed by atoms with Crippen LogP contribution in [0.1, 0.15) is 30.0 Å². The maximum absolute atomic E-state index is 5.99. The summed E-state index contributed by atoms with van der Waals surface area (Å²) in [5.41, 5.74) is 10.2. The summed E-state index contributed by atoms with van der Waals surface area (Å²) < 4.78 is 2.00. The second-order valence-corrected chi connectivity index (χ2v) is 4.11. The van der Waals surface area contributed by atoms with Crippen LogP contribution < -0.4 is 5.73 Å². The fourth-order valence-electron chi connectivity index (χ4n) is 1.94. The molecule has 1 aliphatic rings. The van der Waals surface area contributed by atoms with E-state index in [1.54, 1.807) is 0 Å². The van der Waals surface area contributed by atoms with Crippen molar-refractivity contribution in [1.82, 2.24) is 9.38 Å². The minimum absolute atomic E-state index is 0. The predicted octanol–water partition coefficient (Wildman–Crippen LogP) is 2.52. The molecule has 2 heterocycles. The lowest BCUT2D eigenvalue weighted by Crippen LogP contribution is -1.96. The van der Waals surface area contributed by atoms with E-state index < -0.39 is 0 Å². The number of anilines is 1. The fraction of sp³-hybridized carbons (Fsp3) is 0.364. The molecular weight excluding hydrogens is 210 g/mol. The van der Waals surface area contributed by atoms with Crippen molar-refractivity contribution in [3.05, 3.63) is 29.7 Å². The second kappa shape index (κ2) is 3.42. The third-order valence-corrected chi connectivity index (χ3v) is 2.79. The van der Waals surface area contributed by atoms with Gasteiger partial charge >= 0.3 is 0 Å². The van der Waals surface area contributed by atoms with Gasteiger partial charge in [-0.05, 0) is 37.3 Å². The van der Waals surface area contributed by atoms with Crippen molar-refractivity contribution in [1.29, 1.82) is 0 Å². The fourth-order valence-corrected chi connectivity index (χ4v) is 1.94. The van der Waals surface area contributed by atoms with Crippen LogP contribution in [0.5, 0.6) is 0 Å². The third kappa shape index (κ3) is 1.67. The highest BCUT2D eigenvalue weighted by Crippen LogP contribution is 2.42. The van der Waals surface area contributed by atoms with Gasteiger partial charge in [-0.2, -0.15) is 0 Å². The molecule has 0 spiro atoms. The Hall–Kier alpha value is -1.22. The van der Waals surface area contributed by atoms with Crippen LogP contribution in [0, 0.1) is 6.92 Å². The Morgan fingerprint density at radius 2 is 2.13 bits per heavy atom. The smallest absolute Gasteiger partial charge is 0.137 e. The number of nitrogen functional groups attached to an aromatic ring is 1. The van der Waals surface area contributed by atoms with Gasteiger partial charge in [0.1, 0.15) is 5.65 Å². The Morgan fingerprint density at radius 1 is 1.40 bits per heavy atom. The molecule has 2 aromatic heterocycles. The molecule has 0 saturated heterocycles. The van der Waals surface area contributed by atoms with Crippen LogP contribution in [-0.2, 0) is 0 Å². The van der Waals surface area contributed by atoms with Crippen LogP contribution >= 0.6 is 12.4 Å². The lowest BCUT2D eigenvalue weighted by atomic mass is 10.1. The highest BCUT2D eigenvalue weighted by molar-refractivity contribution is 5.85. The molecule has 0 aromatic carbocycles. The number of aryl methyl sites for hydroxylation is 1. The van der Waals surface area contributed by atoms with E-state index in [0.29, 0.717) is 5.92 Å². The van der Waals surface area contributed by atoms with Gasteiger partial charge in [-0.25, -0.2) is 4.98 Å². The molecule has 4 heteroatoms. The van der Waals surface area contributed by atoms with E-state index in [4.69, 9.17) is 5.73 Å². The van der Waals surface area contributed by atoms with Crippen molar-refractivity contribution >= 4 is 23.7 Å². The minimum atomic E-state index is 0. The van der Waals surface area contributed by atoms with Gasteiger partial charge < -0.3 is 10.1 Å². The van der Waals surface area contributed by atoms with Crippen molar-refractivity contribution < 1.29 is 0 Å². The standard InChI is InChI=1S/C11H13N3.ClH/c1-7-5-14-6-10(12)9(8-2-3-8)4-11(14)13-7;/h4-6,8H,2-3,12H2,1H3;1H. The van der Waals surface area contributed by atoms with Crippen molar-refractivity contribution in [2.45, 2.75) is 25.7 Å². The summed E-state index contributed by atoms with van der Waals surface area (Å²) in [5.74, 6) is 0.692. The third-order valence-electron chi connectivity index (χ3n) is 2.79. The Morgan fingerprint density at radius 3 is 2.80 bits per heavy atom. The first kappa shape index (κ1) is 10.3. The van der Waals surface area contributed by atoms with Gasteiger partial charge in [0.2, 0.25) is 0 Å². The Labute approximate surface area is 94.7 Å². The van der Waals surface area contributed by atoms with E-state index in [-0.39, 0.29) is 12.4 Å². The molecule has 3 rings (SSSR count). The molecule has 15 heavy (non-hydrogen) atoms. The van der Waals surface area contributed by atoms with Crippen LogP contribution in [0.3, 0.4) is 0 Å². The molecule has 0 unspecified atom stereocenters. The number of fused-ring (bicyclic) bond motifs is 1. The number of rotatable bonds is 1. The van der Waals surface area contributed by atoms with E-state index >= 15 is 0 Å². The first-order valence-electron chi connectivity index (χ1n) is 4.99. The average Bonchev–Trinajstić information content (AvgIpc) is 2.88. The minimum Gasteiger partial charge on any atom is -0.397 e. The molecule has 2 N–H and O–H groups in total. The largest absolute Gasteiger partial charge is 0.397 e. The van der Waals surface area contributed by atoms with Gasteiger partial charge in [0.05, 0.1) is 11.4 Å². The molecule has 1 aliphatic carbocycles. The van der Waals surface area contributed by atoms with Gasteiger partial charge in [-0.15, -0.1) is 12.4 Å². The highest BCUT2D eigenvalue weighted by atomic mass is 35.5. The molecule has 1 saturated carbocycles. The Bertz CT molecular complexity index is 500.